The Balaban J connectivity index is 1.28. The van der Waals surface area contributed by atoms with Gasteiger partial charge in [-0.3, -0.25) is 9.80 Å². The van der Waals surface area contributed by atoms with E-state index < -0.39 is 0 Å². The molecule has 0 aromatic heterocycles. The lowest BCUT2D eigenvalue weighted by Gasteiger charge is -2.35. The van der Waals surface area contributed by atoms with Crippen molar-refractivity contribution in [2.45, 2.75) is 39.0 Å². The molecule has 0 saturated carbocycles. The number of fused-ring (bicyclic) bond motifs is 22. The maximum absolute atomic E-state index is 3.73. The molecule has 42 heavy (non-hydrogen) atoms. The highest BCUT2D eigenvalue weighted by Gasteiger charge is 2.18. The van der Waals surface area contributed by atoms with Gasteiger partial charge in [0.2, 0.25) is 0 Å². The van der Waals surface area contributed by atoms with Crippen LogP contribution in [0.3, 0.4) is 0 Å². The predicted molar refractivity (Wildman–Crippen MR) is 180 cm³/mol. The molecule has 0 spiro atoms. The molecule has 0 radical (unpaired) electrons. The van der Waals surface area contributed by atoms with Gasteiger partial charge in [-0.1, -0.05) is 37.3 Å². The third kappa shape index (κ3) is 13.7. The van der Waals surface area contributed by atoms with E-state index in [2.05, 4.69) is 77.3 Å². The summed E-state index contributed by atoms with van der Waals surface area (Å²) in [5.74, 6) is 0. The van der Waals surface area contributed by atoms with E-state index in [1.165, 1.54) is 123 Å². The molecule has 6 heterocycles. The molecule has 0 unspecified atom stereocenters. The molecule has 8 heteroatoms. The second-order valence-corrected chi connectivity index (χ2v) is 12.8. The molecule has 0 aromatic rings. The highest BCUT2D eigenvalue weighted by Crippen LogP contribution is 2.09. The first-order chi connectivity index (χ1) is 20.8. The fraction of sp³-hybridized carbons (Fsp3) is 0.824. The largest absolute Gasteiger partial charge is 0.315 e. The molecular formula is C34H64N8. The summed E-state index contributed by atoms with van der Waals surface area (Å²) in [6.07, 6.45) is 18.0. The molecule has 0 amide bonds. The van der Waals surface area contributed by atoms with Crippen molar-refractivity contribution in [3.8, 4) is 0 Å². The quantitative estimate of drug-likeness (QED) is 0.441. The molecule has 4 bridgehead atoms. The number of nitrogens with zero attached hydrogens (tertiary/aromatic N) is 6. The molecule has 240 valence electrons. The average molecular weight is 585 g/mol. The monoisotopic (exact) mass is 585 g/mol. The molecule has 0 aromatic carbocycles. The summed E-state index contributed by atoms with van der Waals surface area (Å²) in [6, 6.07) is 0. The first-order valence-corrected chi connectivity index (χ1v) is 17.6. The van der Waals surface area contributed by atoms with Crippen LogP contribution in [0.1, 0.15) is 39.0 Å². The van der Waals surface area contributed by atoms with Gasteiger partial charge in [0.25, 0.3) is 0 Å². The fourth-order valence-corrected chi connectivity index (χ4v) is 6.74. The Kier molecular flexibility index (Phi) is 16.7. The number of nitrogens with one attached hydrogen (secondary N) is 2. The minimum absolute atomic E-state index is 1.04. The van der Waals surface area contributed by atoms with Crippen molar-refractivity contribution in [1.29, 1.82) is 0 Å². The van der Waals surface area contributed by atoms with E-state index >= 15 is 0 Å². The van der Waals surface area contributed by atoms with Crippen molar-refractivity contribution >= 4 is 0 Å². The van der Waals surface area contributed by atoms with Gasteiger partial charge in [0.1, 0.15) is 0 Å². The molecule has 6 rings (SSSR count). The van der Waals surface area contributed by atoms with Crippen LogP contribution in [0.5, 0.6) is 0 Å². The third-order valence-corrected chi connectivity index (χ3v) is 9.48. The van der Waals surface area contributed by atoms with Gasteiger partial charge in [0.05, 0.1) is 0 Å². The van der Waals surface area contributed by atoms with Crippen molar-refractivity contribution in [1.82, 2.24) is 40.0 Å². The van der Waals surface area contributed by atoms with Crippen LogP contribution >= 0.6 is 0 Å². The predicted octanol–water partition coefficient (Wildman–Crippen LogP) is 2.04. The Morgan fingerprint density at radius 1 is 0.524 bits per heavy atom. The van der Waals surface area contributed by atoms with Crippen molar-refractivity contribution < 1.29 is 0 Å². The SMILES string of the molecule is CC\C=C/C(=C\C=C\CN1CCCN2CCN(CCCNCC1)CC2)CN1CCCN2CCN(CCCNCC1)CC2. The molecular weight excluding hydrogens is 520 g/mol. The Morgan fingerprint density at radius 3 is 1.57 bits per heavy atom. The van der Waals surface area contributed by atoms with Crippen LogP contribution in [0, 0.1) is 0 Å². The normalized spacial score (nSPS) is 31.4. The summed E-state index contributed by atoms with van der Waals surface area (Å²) in [4.78, 5) is 16.0. The standard InChI is InChI=1S/C34H64N8/c1-2-3-10-34(33-42-22-9-21-41-31-27-39(28-32-41)18-7-13-36-15-24-42)11-4-5-16-37-19-8-20-40-29-25-38(26-30-40)17-6-12-35-14-23-37/h3-5,10-11,35-36H,2,6-9,12-33H2,1H3/b5-4+,10-3-,34-11+. The van der Waals surface area contributed by atoms with Crippen LogP contribution in [0.2, 0.25) is 0 Å². The summed E-state index contributed by atoms with van der Waals surface area (Å²) in [5.41, 5.74) is 1.43. The van der Waals surface area contributed by atoms with Crippen molar-refractivity contribution in [3.05, 3.63) is 36.0 Å². The van der Waals surface area contributed by atoms with Gasteiger partial charge < -0.3 is 30.2 Å². The van der Waals surface area contributed by atoms with Crippen LogP contribution in [0.4, 0.5) is 0 Å². The summed E-state index contributed by atoms with van der Waals surface area (Å²) in [6.45, 7) is 28.4. The Morgan fingerprint density at radius 2 is 1.02 bits per heavy atom. The van der Waals surface area contributed by atoms with Crippen molar-refractivity contribution in [3.63, 3.8) is 0 Å². The Bertz CT molecular complexity index is 777. The molecule has 0 aliphatic carbocycles. The van der Waals surface area contributed by atoms with Gasteiger partial charge in [-0.15, -0.1) is 0 Å². The van der Waals surface area contributed by atoms with Crippen LogP contribution in [-0.4, -0.2) is 173 Å². The van der Waals surface area contributed by atoms with Gasteiger partial charge in [-0.2, -0.15) is 0 Å². The lowest BCUT2D eigenvalue weighted by molar-refractivity contribution is 0.124. The Labute approximate surface area is 258 Å². The summed E-state index contributed by atoms with van der Waals surface area (Å²) in [5, 5.41) is 7.43. The van der Waals surface area contributed by atoms with Crippen molar-refractivity contribution in [2.24, 2.45) is 0 Å². The maximum Gasteiger partial charge on any atom is 0.0234 e. The zero-order chi connectivity index (χ0) is 29.1. The first-order valence-electron chi connectivity index (χ1n) is 17.6. The number of hydrogen-bond donors (Lipinski definition) is 2. The van der Waals surface area contributed by atoms with Gasteiger partial charge in [0.15, 0.2) is 0 Å². The lowest BCUT2D eigenvalue weighted by atomic mass is 10.1. The van der Waals surface area contributed by atoms with Crippen LogP contribution in [0.25, 0.3) is 0 Å². The van der Waals surface area contributed by atoms with E-state index in [0.717, 1.165) is 58.8 Å². The number of hydrogen-bond acceptors (Lipinski definition) is 8. The minimum atomic E-state index is 1.04. The molecule has 2 N–H and O–H groups in total. The van der Waals surface area contributed by atoms with E-state index in [-0.39, 0.29) is 0 Å². The topological polar surface area (TPSA) is 43.5 Å². The second-order valence-electron chi connectivity index (χ2n) is 12.8. The van der Waals surface area contributed by atoms with Gasteiger partial charge >= 0.3 is 0 Å². The van der Waals surface area contributed by atoms with Crippen LogP contribution < -0.4 is 10.6 Å². The summed E-state index contributed by atoms with van der Waals surface area (Å²) < 4.78 is 0. The average Bonchev–Trinajstić information content (AvgIpc) is 3.01. The number of piperazine rings is 2. The fourth-order valence-electron chi connectivity index (χ4n) is 6.74. The highest BCUT2D eigenvalue weighted by molar-refractivity contribution is 5.25. The van der Waals surface area contributed by atoms with Crippen LogP contribution in [0.15, 0.2) is 36.0 Å². The van der Waals surface area contributed by atoms with Gasteiger partial charge in [-0.25, -0.2) is 0 Å². The lowest BCUT2D eigenvalue weighted by Crippen LogP contribution is -2.48. The van der Waals surface area contributed by atoms with Crippen LogP contribution in [-0.2, 0) is 0 Å². The molecule has 6 saturated heterocycles. The first kappa shape index (κ1) is 33.8. The Hall–Kier alpha value is -1.10. The van der Waals surface area contributed by atoms with E-state index in [1.54, 1.807) is 0 Å². The number of rotatable bonds is 7. The number of allylic oxidation sites excluding steroid dienone is 3. The minimum Gasteiger partial charge on any atom is -0.315 e. The van der Waals surface area contributed by atoms with E-state index in [4.69, 9.17) is 0 Å². The van der Waals surface area contributed by atoms with E-state index in [9.17, 15) is 0 Å². The zero-order valence-corrected chi connectivity index (χ0v) is 27.2. The third-order valence-electron chi connectivity index (χ3n) is 9.48. The summed E-state index contributed by atoms with van der Waals surface area (Å²) >= 11 is 0. The van der Waals surface area contributed by atoms with E-state index in [1.807, 2.05) is 0 Å². The molecule has 6 fully saturated rings. The molecule has 0 atom stereocenters. The summed E-state index contributed by atoms with van der Waals surface area (Å²) in [7, 11) is 0. The molecule has 6 aliphatic rings. The smallest absolute Gasteiger partial charge is 0.0234 e. The maximum atomic E-state index is 3.73. The van der Waals surface area contributed by atoms with E-state index in [0.29, 0.717) is 0 Å². The van der Waals surface area contributed by atoms with Crippen molar-refractivity contribution in [2.75, 3.05) is 144 Å². The second kappa shape index (κ2) is 20.8. The zero-order valence-electron chi connectivity index (χ0n) is 27.2. The molecule has 8 nitrogen and oxygen atoms in total. The highest BCUT2D eigenvalue weighted by atomic mass is 15.3. The van der Waals surface area contributed by atoms with Gasteiger partial charge in [0, 0.05) is 91.6 Å². The molecule has 6 aliphatic heterocycles. The van der Waals surface area contributed by atoms with Gasteiger partial charge in [-0.05, 0) is 90.0 Å².